The smallest absolute Gasteiger partial charge is 0.169 e. The predicted octanol–water partition coefficient (Wildman–Crippen LogP) is 3.05. The number of nitrogens with zero attached hydrogens (tertiary/aromatic N) is 1. The molecule has 0 aliphatic heterocycles. The van der Waals surface area contributed by atoms with Crippen LogP contribution in [0.4, 0.5) is 5.69 Å². The summed E-state index contributed by atoms with van der Waals surface area (Å²) in [6.07, 6.45) is 3.52. The minimum atomic E-state index is 0.664. The molecule has 0 aliphatic rings. The third-order valence-electron chi connectivity index (χ3n) is 1.76. The van der Waals surface area contributed by atoms with Gasteiger partial charge in [0.25, 0.3) is 0 Å². The molecule has 0 fully saturated rings. The van der Waals surface area contributed by atoms with Crippen molar-refractivity contribution in [2.75, 3.05) is 5.32 Å². The van der Waals surface area contributed by atoms with E-state index in [1.165, 1.54) is 0 Å². The molecule has 0 bridgehead atoms. The first-order chi connectivity index (χ1) is 6.84. The highest BCUT2D eigenvalue weighted by Gasteiger charge is 1.98. The second-order valence-electron chi connectivity index (χ2n) is 2.80. The van der Waals surface area contributed by atoms with Crippen molar-refractivity contribution in [3.63, 3.8) is 0 Å². The van der Waals surface area contributed by atoms with Crippen LogP contribution in [-0.4, -0.2) is 4.98 Å². The van der Waals surface area contributed by atoms with Crippen LogP contribution in [-0.2, 0) is 6.54 Å². The van der Waals surface area contributed by atoms with Gasteiger partial charge in [-0.25, -0.2) is 0 Å². The van der Waals surface area contributed by atoms with E-state index in [9.17, 15) is 0 Å². The van der Waals surface area contributed by atoms with Crippen molar-refractivity contribution in [1.82, 2.24) is 4.98 Å². The van der Waals surface area contributed by atoms with Gasteiger partial charge in [-0.15, -0.1) is 0 Å². The second kappa shape index (κ2) is 4.28. The Bertz CT molecular complexity index is 400. The summed E-state index contributed by atoms with van der Waals surface area (Å²) in [6, 6.07) is 7.65. The van der Waals surface area contributed by atoms with Gasteiger partial charge in [-0.1, -0.05) is 0 Å². The van der Waals surface area contributed by atoms with Crippen molar-refractivity contribution >= 4 is 21.6 Å². The van der Waals surface area contributed by atoms with Crippen molar-refractivity contribution in [1.29, 1.82) is 0 Å². The fourth-order valence-corrected chi connectivity index (χ4v) is 1.44. The molecule has 0 saturated carbocycles. The van der Waals surface area contributed by atoms with Gasteiger partial charge >= 0.3 is 0 Å². The summed E-state index contributed by atoms with van der Waals surface area (Å²) >= 11 is 3.25. The number of rotatable bonds is 3. The molecule has 0 amide bonds. The van der Waals surface area contributed by atoms with Crippen molar-refractivity contribution < 1.29 is 4.42 Å². The monoisotopic (exact) mass is 252 g/mol. The normalized spacial score (nSPS) is 10.1. The van der Waals surface area contributed by atoms with E-state index in [1.807, 2.05) is 24.3 Å². The lowest BCUT2D eigenvalue weighted by Crippen LogP contribution is -1.97. The molecule has 3 nitrogen and oxygen atoms in total. The van der Waals surface area contributed by atoms with E-state index in [0.717, 1.165) is 16.1 Å². The van der Waals surface area contributed by atoms with Crippen LogP contribution < -0.4 is 5.32 Å². The molecule has 0 radical (unpaired) electrons. The van der Waals surface area contributed by atoms with Gasteiger partial charge in [0.15, 0.2) is 4.67 Å². The van der Waals surface area contributed by atoms with Crippen molar-refractivity contribution in [3.05, 3.63) is 47.1 Å². The second-order valence-corrected chi connectivity index (χ2v) is 3.58. The Hall–Kier alpha value is -1.29. The van der Waals surface area contributed by atoms with Gasteiger partial charge in [0.1, 0.15) is 5.76 Å². The fourth-order valence-electron chi connectivity index (χ4n) is 1.10. The maximum atomic E-state index is 5.34. The number of nitrogens with one attached hydrogen (secondary N) is 1. The molecule has 0 aromatic carbocycles. The molecule has 2 aromatic rings. The highest BCUT2D eigenvalue weighted by atomic mass is 79.9. The average molecular weight is 253 g/mol. The number of aromatic nitrogens is 1. The first-order valence-corrected chi connectivity index (χ1v) is 5.02. The molecule has 2 rings (SSSR count). The number of pyridine rings is 1. The molecule has 14 heavy (non-hydrogen) atoms. The van der Waals surface area contributed by atoms with Gasteiger partial charge < -0.3 is 9.73 Å². The number of halogens is 1. The zero-order valence-corrected chi connectivity index (χ0v) is 8.99. The fraction of sp³-hybridized carbons (Fsp3) is 0.100. The van der Waals surface area contributed by atoms with E-state index >= 15 is 0 Å². The molecule has 2 heterocycles. The van der Waals surface area contributed by atoms with Gasteiger partial charge in [0.2, 0.25) is 0 Å². The summed E-state index contributed by atoms with van der Waals surface area (Å²) in [7, 11) is 0. The Balaban J connectivity index is 1.95. The molecular weight excluding hydrogens is 244 g/mol. The van der Waals surface area contributed by atoms with Gasteiger partial charge in [0.05, 0.1) is 12.2 Å². The molecule has 4 heteroatoms. The molecule has 0 unspecified atom stereocenters. The Morgan fingerprint density at radius 1 is 1.36 bits per heavy atom. The topological polar surface area (TPSA) is 38.1 Å². The van der Waals surface area contributed by atoms with E-state index in [2.05, 4.69) is 26.2 Å². The lowest BCUT2D eigenvalue weighted by atomic mass is 10.4. The molecule has 0 spiro atoms. The third kappa shape index (κ3) is 2.35. The predicted molar refractivity (Wildman–Crippen MR) is 58.0 cm³/mol. The van der Waals surface area contributed by atoms with Crippen LogP contribution in [0.2, 0.25) is 0 Å². The average Bonchev–Trinajstić information content (AvgIpc) is 2.63. The highest BCUT2D eigenvalue weighted by molar-refractivity contribution is 9.10. The minimum Gasteiger partial charge on any atom is -0.452 e. The first kappa shape index (κ1) is 9.27. The van der Waals surface area contributed by atoms with E-state index in [0.29, 0.717) is 6.54 Å². The van der Waals surface area contributed by atoms with Crippen LogP contribution in [0.25, 0.3) is 0 Å². The van der Waals surface area contributed by atoms with E-state index in [1.54, 1.807) is 12.4 Å². The zero-order chi connectivity index (χ0) is 9.80. The molecule has 0 saturated heterocycles. The number of furan rings is 1. The number of anilines is 1. The quantitative estimate of drug-likeness (QED) is 0.913. The van der Waals surface area contributed by atoms with Gasteiger partial charge in [-0.05, 0) is 40.2 Å². The molecule has 1 N–H and O–H groups in total. The van der Waals surface area contributed by atoms with Gasteiger partial charge in [-0.3, -0.25) is 4.98 Å². The third-order valence-corrected chi connectivity index (χ3v) is 2.18. The summed E-state index contributed by atoms with van der Waals surface area (Å²) in [5.74, 6) is 0.890. The Morgan fingerprint density at radius 2 is 2.29 bits per heavy atom. The van der Waals surface area contributed by atoms with Crippen LogP contribution in [0, 0.1) is 0 Å². The largest absolute Gasteiger partial charge is 0.452 e. The summed E-state index contributed by atoms with van der Waals surface area (Å²) in [4.78, 5) is 4.00. The summed E-state index contributed by atoms with van der Waals surface area (Å²) in [5, 5.41) is 3.20. The molecule has 72 valence electrons. The van der Waals surface area contributed by atoms with Crippen LogP contribution in [0.3, 0.4) is 0 Å². The van der Waals surface area contributed by atoms with E-state index in [-0.39, 0.29) is 0 Å². The number of hydrogen-bond acceptors (Lipinski definition) is 3. The molecule has 2 aromatic heterocycles. The summed E-state index contributed by atoms with van der Waals surface area (Å²) < 4.78 is 6.09. The minimum absolute atomic E-state index is 0.664. The maximum absolute atomic E-state index is 5.34. The van der Waals surface area contributed by atoms with Gasteiger partial charge in [-0.2, -0.15) is 0 Å². The standard InChI is InChI=1S/C10H9BrN2O/c11-10-4-3-9(14-10)7-13-8-2-1-5-12-6-8/h1-6,13H,7H2. The summed E-state index contributed by atoms with van der Waals surface area (Å²) in [5.41, 5.74) is 0.986. The zero-order valence-electron chi connectivity index (χ0n) is 7.40. The van der Waals surface area contributed by atoms with Crippen LogP contribution in [0.1, 0.15) is 5.76 Å². The Labute approximate surface area is 90.3 Å². The first-order valence-electron chi connectivity index (χ1n) is 4.23. The molecular formula is C10H9BrN2O. The Morgan fingerprint density at radius 3 is 2.93 bits per heavy atom. The summed E-state index contributed by atoms with van der Waals surface area (Å²) in [6.45, 7) is 0.664. The van der Waals surface area contributed by atoms with E-state index < -0.39 is 0 Å². The number of hydrogen-bond donors (Lipinski definition) is 1. The highest BCUT2D eigenvalue weighted by Crippen LogP contribution is 2.15. The van der Waals surface area contributed by atoms with Crippen molar-refractivity contribution in [3.8, 4) is 0 Å². The Kier molecular flexibility index (Phi) is 2.84. The van der Waals surface area contributed by atoms with Crippen molar-refractivity contribution in [2.24, 2.45) is 0 Å². The maximum Gasteiger partial charge on any atom is 0.169 e. The van der Waals surface area contributed by atoms with E-state index in [4.69, 9.17) is 4.42 Å². The lowest BCUT2D eigenvalue weighted by Gasteiger charge is -2.02. The SMILES string of the molecule is Brc1ccc(CNc2cccnc2)o1. The van der Waals surface area contributed by atoms with Crippen LogP contribution in [0.15, 0.2) is 45.7 Å². The van der Waals surface area contributed by atoms with Crippen LogP contribution >= 0.6 is 15.9 Å². The molecule has 0 aliphatic carbocycles. The lowest BCUT2D eigenvalue weighted by molar-refractivity contribution is 0.495. The van der Waals surface area contributed by atoms with Crippen LogP contribution in [0.5, 0.6) is 0 Å². The van der Waals surface area contributed by atoms with Gasteiger partial charge in [0, 0.05) is 12.4 Å². The van der Waals surface area contributed by atoms with Crippen molar-refractivity contribution in [2.45, 2.75) is 6.54 Å². The molecule has 0 atom stereocenters.